The third-order valence-electron chi connectivity index (χ3n) is 3.15. The van der Waals surface area contributed by atoms with Crippen LogP contribution in [0.25, 0.3) is 0 Å². The molecule has 0 rings (SSSR count). The Morgan fingerprint density at radius 3 is 2.27 bits per heavy atom. The van der Waals surface area contributed by atoms with E-state index in [4.69, 9.17) is 4.55 Å². The van der Waals surface area contributed by atoms with Crippen molar-refractivity contribution in [3.8, 4) is 0 Å². The van der Waals surface area contributed by atoms with Gasteiger partial charge >= 0.3 is 0 Å². The van der Waals surface area contributed by atoms with Crippen LogP contribution in [0.4, 0.5) is 0 Å². The number of carbonyl (C=O) groups is 3. The first-order chi connectivity index (χ1) is 10.1. The minimum absolute atomic E-state index is 0.0159. The van der Waals surface area contributed by atoms with Crippen molar-refractivity contribution >= 4 is 28.1 Å². The summed E-state index contributed by atoms with van der Waals surface area (Å²) < 4.78 is 31.7. The summed E-state index contributed by atoms with van der Waals surface area (Å²) in [5.74, 6) is -1.33. The molecule has 0 spiro atoms. The van der Waals surface area contributed by atoms with Crippen LogP contribution >= 0.6 is 0 Å². The van der Waals surface area contributed by atoms with E-state index >= 15 is 0 Å². The maximum Gasteiger partial charge on any atom is 0.274 e. The Morgan fingerprint density at radius 1 is 1.23 bits per heavy atom. The molecule has 0 saturated carbocycles. The van der Waals surface area contributed by atoms with E-state index in [1.807, 2.05) is 0 Å². The molecular formula is C14H23NO6S. The molecular weight excluding hydrogens is 310 g/mol. The summed E-state index contributed by atoms with van der Waals surface area (Å²) >= 11 is 0. The van der Waals surface area contributed by atoms with Crippen molar-refractivity contribution in [2.45, 2.75) is 38.4 Å². The lowest BCUT2D eigenvalue weighted by Crippen LogP contribution is -2.33. The lowest BCUT2D eigenvalue weighted by Gasteiger charge is -2.17. The van der Waals surface area contributed by atoms with Crippen molar-refractivity contribution in [1.29, 1.82) is 0 Å². The molecule has 0 saturated heterocycles. The molecule has 8 heteroatoms. The predicted molar refractivity (Wildman–Crippen MR) is 81.9 cm³/mol. The third-order valence-corrected chi connectivity index (χ3v) is 4.34. The Labute approximate surface area is 131 Å². The minimum Gasteiger partial charge on any atom is -0.342 e. The molecule has 1 atom stereocenters. The van der Waals surface area contributed by atoms with Gasteiger partial charge in [0.25, 0.3) is 10.1 Å². The van der Waals surface area contributed by atoms with E-state index in [9.17, 15) is 22.8 Å². The molecule has 0 radical (unpaired) electrons. The zero-order valence-electron chi connectivity index (χ0n) is 13.1. The van der Waals surface area contributed by atoms with Crippen molar-refractivity contribution in [2.75, 3.05) is 13.6 Å². The maximum atomic E-state index is 11.8. The summed E-state index contributed by atoms with van der Waals surface area (Å²) in [6.45, 7) is 3.51. The second-order valence-corrected chi connectivity index (χ2v) is 6.91. The van der Waals surface area contributed by atoms with Gasteiger partial charge in [0.1, 0.15) is 11.5 Å². The van der Waals surface area contributed by atoms with Gasteiger partial charge in [-0.2, -0.15) is 8.42 Å². The molecule has 1 amide bonds. The average Bonchev–Trinajstić information content (AvgIpc) is 2.42. The number of Topliss-reactive ketones (excluding diaryl/α,β-unsaturated/α-hetero) is 1. The van der Waals surface area contributed by atoms with Crippen molar-refractivity contribution < 1.29 is 27.4 Å². The molecule has 1 N–H and O–H groups in total. The van der Waals surface area contributed by atoms with Gasteiger partial charge in [-0.05, 0) is 25.3 Å². The van der Waals surface area contributed by atoms with Crippen LogP contribution in [0.3, 0.4) is 0 Å². The zero-order valence-corrected chi connectivity index (χ0v) is 13.9. The number of allylic oxidation sites excluding steroid dienone is 1. The number of likely N-dealkylation sites (N-methyl/N-ethyl adjacent to an activating group) is 1. The van der Waals surface area contributed by atoms with Gasteiger partial charge in [0.15, 0.2) is 5.78 Å². The molecule has 0 aliphatic carbocycles. The smallest absolute Gasteiger partial charge is 0.274 e. The van der Waals surface area contributed by atoms with E-state index in [0.717, 1.165) is 12.2 Å². The summed E-state index contributed by atoms with van der Waals surface area (Å²) in [4.78, 5) is 34.8. The highest BCUT2D eigenvalue weighted by Crippen LogP contribution is 2.15. The quantitative estimate of drug-likeness (QED) is 0.275. The van der Waals surface area contributed by atoms with E-state index in [1.54, 1.807) is 20.9 Å². The van der Waals surface area contributed by atoms with Crippen molar-refractivity contribution in [3.63, 3.8) is 0 Å². The first-order valence-electron chi connectivity index (χ1n) is 6.98. The standard InChI is InChI=1S/C14H23NO6S/c1-11(2)14(18)12(22(19,20)21)7-4-5-9-15(3)13(17)8-6-10-16/h6,8,10-12H,4-5,7,9H2,1-3H3,(H,19,20,21)/b8-6-. The molecule has 0 aliphatic heterocycles. The number of hydrogen-bond donors (Lipinski definition) is 1. The monoisotopic (exact) mass is 333 g/mol. The highest BCUT2D eigenvalue weighted by molar-refractivity contribution is 7.87. The number of ketones is 1. The first kappa shape index (κ1) is 20.5. The molecule has 1 unspecified atom stereocenters. The number of hydrogen-bond acceptors (Lipinski definition) is 5. The van der Waals surface area contributed by atoms with E-state index < -0.39 is 27.1 Å². The van der Waals surface area contributed by atoms with Gasteiger partial charge in [0.05, 0.1) is 0 Å². The lowest BCUT2D eigenvalue weighted by molar-refractivity contribution is -0.125. The number of unbranched alkanes of at least 4 members (excludes halogenated alkanes) is 1. The molecule has 126 valence electrons. The second kappa shape index (κ2) is 9.47. The van der Waals surface area contributed by atoms with E-state index in [1.165, 1.54) is 4.90 Å². The number of nitrogens with zero attached hydrogens (tertiary/aromatic N) is 1. The highest BCUT2D eigenvalue weighted by Gasteiger charge is 2.31. The molecule has 0 bridgehead atoms. The van der Waals surface area contributed by atoms with Gasteiger partial charge < -0.3 is 4.90 Å². The van der Waals surface area contributed by atoms with Crippen LogP contribution in [0, 0.1) is 5.92 Å². The molecule has 0 aromatic carbocycles. The zero-order chi connectivity index (χ0) is 17.3. The number of rotatable bonds is 10. The summed E-state index contributed by atoms with van der Waals surface area (Å²) in [5.41, 5.74) is 0. The highest BCUT2D eigenvalue weighted by atomic mass is 32.2. The van der Waals surface area contributed by atoms with Crippen LogP contribution in [0.15, 0.2) is 12.2 Å². The summed E-state index contributed by atoms with van der Waals surface area (Å²) in [6.07, 6.45) is 3.60. The Kier molecular flexibility index (Phi) is 8.81. The predicted octanol–water partition coefficient (Wildman–Crippen LogP) is 0.852. The Hall–Kier alpha value is -1.54. The Bertz CT molecular complexity index is 523. The van der Waals surface area contributed by atoms with Gasteiger partial charge in [-0.1, -0.05) is 13.8 Å². The normalized spacial score (nSPS) is 13.3. The fourth-order valence-electron chi connectivity index (χ4n) is 1.85. The Balaban J connectivity index is 4.42. The number of carbonyl (C=O) groups excluding carboxylic acids is 3. The van der Waals surface area contributed by atoms with E-state index in [2.05, 4.69) is 0 Å². The van der Waals surface area contributed by atoms with Crippen LogP contribution in [-0.2, 0) is 24.5 Å². The SMILES string of the molecule is CC(C)C(=O)C(CCCCN(C)C(=O)/C=C\C=O)S(=O)(=O)O. The van der Waals surface area contributed by atoms with Gasteiger partial charge in [-0.3, -0.25) is 18.9 Å². The average molecular weight is 333 g/mol. The van der Waals surface area contributed by atoms with Crippen LogP contribution in [0.5, 0.6) is 0 Å². The second-order valence-electron chi connectivity index (χ2n) is 5.31. The number of aldehydes is 1. The first-order valence-corrected chi connectivity index (χ1v) is 8.48. The molecule has 7 nitrogen and oxygen atoms in total. The largest absolute Gasteiger partial charge is 0.342 e. The van der Waals surface area contributed by atoms with Crippen LogP contribution in [0.1, 0.15) is 33.1 Å². The van der Waals surface area contributed by atoms with Crippen molar-refractivity contribution in [2.24, 2.45) is 5.92 Å². The lowest BCUT2D eigenvalue weighted by atomic mass is 10.0. The van der Waals surface area contributed by atoms with Gasteiger partial charge in [0, 0.05) is 25.6 Å². The third kappa shape index (κ3) is 7.46. The van der Waals surface area contributed by atoms with Crippen molar-refractivity contribution in [1.82, 2.24) is 4.90 Å². The molecule has 0 aromatic heterocycles. The van der Waals surface area contributed by atoms with E-state index in [0.29, 0.717) is 25.7 Å². The maximum absolute atomic E-state index is 11.8. The molecule has 0 fully saturated rings. The van der Waals surface area contributed by atoms with Crippen LogP contribution in [0.2, 0.25) is 0 Å². The molecule has 0 heterocycles. The minimum atomic E-state index is -4.42. The van der Waals surface area contributed by atoms with Crippen molar-refractivity contribution in [3.05, 3.63) is 12.2 Å². The fourth-order valence-corrected chi connectivity index (χ4v) is 2.88. The van der Waals surface area contributed by atoms with Crippen LogP contribution in [-0.4, -0.2) is 54.7 Å². The Morgan fingerprint density at radius 2 is 1.82 bits per heavy atom. The van der Waals surface area contributed by atoms with Gasteiger partial charge in [-0.25, -0.2) is 0 Å². The molecule has 0 aromatic rings. The molecule has 0 aliphatic rings. The fraction of sp³-hybridized carbons (Fsp3) is 0.643. The molecule has 22 heavy (non-hydrogen) atoms. The van der Waals surface area contributed by atoms with Gasteiger partial charge in [0.2, 0.25) is 5.91 Å². The summed E-state index contributed by atoms with van der Waals surface area (Å²) in [6, 6.07) is 0. The summed E-state index contributed by atoms with van der Waals surface area (Å²) in [5, 5.41) is -1.41. The van der Waals surface area contributed by atoms with Crippen LogP contribution < -0.4 is 0 Å². The van der Waals surface area contributed by atoms with Gasteiger partial charge in [-0.15, -0.1) is 0 Å². The summed E-state index contributed by atoms with van der Waals surface area (Å²) in [7, 11) is -2.87. The van der Waals surface area contributed by atoms with E-state index in [-0.39, 0.29) is 12.3 Å². The topological polar surface area (TPSA) is 109 Å². The number of amides is 1.